The van der Waals surface area contributed by atoms with E-state index in [0.29, 0.717) is 59.2 Å². The minimum absolute atomic E-state index is 0.00275. The molecule has 0 aliphatic carbocycles. The molecule has 0 spiro atoms. The van der Waals surface area contributed by atoms with Crippen LogP contribution in [0.5, 0.6) is 0 Å². The average Bonchev–Trinajstić information content (AvgIpc) is 1.56. The molecular weight excluding hydrogens is 1450 g/mol. The van der Waals surface area contributed by atoms with Gasteiger partial charge in [0.15, 0.2) is 12.3 Å². The number of carbonyl (C=O) groups is 3. The molecule has 1 saturated heterocycles. The lowest BCUT2D eigenvalue weighted by atomic mass is 9.75. The van der Waals surface area contributed by atoms with Gasteiger partial charge < -0.3 is 57.1 Å². The van der Waals surface area contributed by atoms with E-state index in [-0.39, 0.29) is 178 Å². The van der Waals surface area contributed by atoms with Gasteiger partial charge in [0.05, 0.1) is 133 Å². The van der Waals surface area contributed by atoms with E-state index in [1.165, 1.54) is 19.2 Å². The van der Waals surface area contributed by atoms with Crippen LogP contribution >= 0.6 is 0 Å². The van der Waals surface area contributed by atoms with Crippen LogP contribution in [0.15, 0.2) is 116 Å². The third-order valence-corrected chi connectivity index (χ3v) is 21.0. The summed E-state index contributed by atoms with van der Waals surface area (Å²) in [5.74, 6) is -2.61. The molecule has 0 bridgehead atoms. The monoisotopic (exact) mass is 1530 g/mol. The average molecular weight is 1530 g/mol. The highest BCUT2D eigenvalue weighted by Crippen LogP contribution is 2.55. The highest BCUT2D eigenvalue weighted by molar-refractivity contribution is 7.87. The van der Waals surface area contributed by atoms with Crippen LogP contribution in [0.2, 0.25) is 0 Å². The smallest absolute Gasteiger partial charge is 0.335 e. The van der Waals surface area contributed by atoms with Crippen molar-refractivity contribution >= 4 is 107 Å². The molecular formula is C65H86N3O29S5+. The van der Waals surface area contributed by atoms with Crippen LogP contribution in [0.1, 0.15) is 63.5 Å². The molecule has 102 heavy (non-hydrogen) atoms. The summed E-state index contributed by atoms with van der Waals surface area (Å²) in [6.07, 6.45) is 11.5. The van der Waals surface area contributed by atoms with Crippen LogP contribution in [0, 0.1) is 0 Å². The summed E-state index contributed by atoms with van der Waals surface area (Å²) >= 11 is 0. The van der Waals surface area contributed by atoms with Crippen molar-refractivity contribution < 1.29 is 136 Å². The highest BCUT2D eigenvalue weighted by atomic mass is 32.2. The van der Waals surface area contributed by atoms with Crippen molar-refractivity contribution in [3.05, 3.63) is 108 Å². The summed E-state index contributed by atoms with van der Waals surface area (Å²) in [5, 5.41) is 0.372. The zero-order valence-electron chi connectivity index (χ0n) is 56.7. The second kappa shape index (κ2) is 37.5. The Morgan fingerprint density at radius 2 is 0.990 bits per heavy atom. The Balaban J connectivity index is 1.14. The summed E-state index contributed by atoms with van der Waals surface area (Å²) in [5.41, 5.74) is -0.0752. The zero-order valence-corrected chi connectivity index (χ0v) is 60.8. The Hall–Kier alpha value is -6.41. The molecule has 0 radical (unpaired) electrons. The first-order valence-corrected chi connectivity index (χ1v) is 39.5. The maximum absolute atomic E-state index is 13.0. The molecule has 7 rings (SSSR count). The van der Waals surface area contributed by atoms with E-state index in [9.17, 15) is 79.2 Å². The van der Waals surface area contributed by atoms with Crippen molar-refractivity contribution in [1.82, 2.24) is 5.06 Å². The normalized spacial score (nSPS) is 18.1. The lowest BCUT2D eigenvalue weighted by Crippen LogP contribution is -2.33. The van der Waals surface area contributed by atoms with Crippen molar-refractivity contribution in [2.45, 2.75) is 82.8 Å². The van der Waals surface area contributed by atoms with Crippen LogP contribution in [0.3, 0.4) is 0 Å². The first kappa shape index (κ1) is 82.9. The summed E-state index contributed by atoms with van der Waals surface area (Å²) in [6, 6.07) is 9.21. The Labute approximate surface area is 592 Å². The molecule has 0 aromatic heterocycles. The van der Waals surface area contributed by atoms with Crippen LogP contribution in [-0.2, 0) is 128 Å². The molecule has 32 nitrogen and oxygen atoms in total. The van der Waals surface area contributed by atoms with Crippen molar-refractivity contribution in [1.29, 1.82) is 0 Å². The molecule has 4 aromatic carbocycles. The Morgan fingerprint density at radius 1 is 0.510 bits per heavy atom. The van der Waals surface area contributed by atoms with Gasteiger partial charge in [0.2, 0.25) is 5.69 Å². The SMILES string of the molecule is COCCOCCOCCOCCC1(C)C(/C=C/C=C/C=C/C=C2/N(CCOC)c3cc(S(=O)(=O)O)c4ccc(S(=O)(=O)O)cc4c3C2(C)CCCS(=O)(=O)O)=[N+](CCOCCOCCOCCOCCOCCC(=O)ON2C(=O)CCC2=O)c2ccc3c(S(=O)(=O)O)cc(S(=O)(=O)O)cc3c21. The standard InChI is InChI=1S/C65H85N3O29S5/c1-64(20-10-42-98(72,73)74)57(67(22-26-87-3)54-46-56(102(84,85)86)49-14-13-47(99(75,76)77)43-51(49)63(54)64)11-8-6-5-7-9-12-58-65(2,21-25-90-31-34-94-37-36-92-29-28-88-4)62-52-44-48(100(78,79)80)45-55(101(81,82)83)50(52)15-16-53(62)66(58)23-27-91-32-35-95-39-41-96-40-38-93-33-30-89-24-19-61(71)97-68-59(69)17-18-60(68)70/h5-9,11-16,43-46H,10,17-42H2,1-4H3,(H4-,72,73,74,75,76,77,78,79,80,81,82,83,84,85,86)/p+1. The number of amides is 2. The summed E-state index contributed by atoms with van der Waals surface area (Å²) in [7, 11) is -21.6. The number of hydrogen-bond donors (Lipinski definition) is 5. The van der Waals surface area contributed by atoms with Gasteiger partial charge in [-0.15, -0.1) is 5.06 Å². The summed E-state index contributed by atoms with van der Waals surface area (Å²) in [6.45, 7) is 7.19. The predicted octanol–water partition coefficient (Wildman–Crippen LogP) is 5.15. The zero-order chi connectivity index (χ0) is 74.5. The first-order valence-electron chi connectivity index (χ1n) is 32.1. The van der Waals surface area contributed by atoms with Gasteiger partial charge in [-0.05, 0) is 91.9 Å². The minimum Gasteiger partial charge on any atom is -0.383 e. The van der Waals surface area contributed by atoms with Crippen LogP contribution < -0.4 is 4.90 Å². The maximum atomic E-state index is 13.0. The second-order valence-electron chi connectivity index (χ2n) is 23.7. The lowest BCUT2D eigenvalue weighted by Gasteiger charge is -2.30. The number of carbonyl (C=O) groups excluding carboxylic acids is 3. The van der Waals surface area contributed by atoms with E-state index < -0.39 is 105 Å². The first-order chi connectivity index (χ1) is 48.3. The topological polar surface area (TPSA) is 434 Å². The van der Waals surface area contributed by atoms with E-state index in [2.05, 4.69) is 0 Å². The highest BCUT2D eigenvalue weighted by Gasteiger charge is 2.50. The number of methoxy groups -OCH3 is 2. The molecule has 5 N–H and O–H groups in total. The van der Waals surface area contributed by atoms with Crippen LogP contribution in [0.25, 0.3) is 21.5 Å². The molecule has 3 aliphatic rings. The molecule has 37 heteroatoms. The van der Waals surface area contributed by atoms with Gasteiger partial charge >= 0.3 is 5.97 Å². The molecule has 3 heterocycles. The van der Waals surface area contributed by atoms with E-state index in [4.69, 9.17) is 52.2 Å². The Bertz CT molecular complexity index is 4390. The van der Waals surface area contributed by atoms with Crippen molar-refractivity contribution in [3.8, 4) is 0 Å². The molecule has 2 unspecified atom stereocenters. The summed E-state index contributed by atoms with van der Waals surface area (Å²) in [4.78, 5) is 38.9. The van der Waals surface area contributed by atoms with E-state index >= 15 is 0 Å². The van der Waals surface area contributed by atoms with Gasteiger partial charge in [-0.2, -0.15) is 46.7 Å². The largest absolute Gasteiger partial charge is 0.383 e. The van der Waals surface area contributed by atoms with Gasteiger partial charge in [-0.25, -0.2) is 4.79 Å². The third kappa shape index (κ3) is 22.6. The number of hydroxylamine groups is 2. The van der Waals surface area contributed by atoms with Crippen LogP contribution in [0.4, 0.5) is 11.4 Å². The van der Waals surface area contributed by atoms with Crippen molar-refractivity contribution in [3.63, 3.8) is 0 Å². The van der Waals surface area contributed by atoms with Crippen molar-refractivity contribution in [2.24, 2.45) is 0 Å². The number of hydrogen-bond acceptors (Lipinski definition) is 25. The predicted molar refractivity (Wildman–Crippen MR) is 367 cm³/mol. The van der Waals surface area contributed by atoms with Crippen LogP contribution in [-0.4, -0.2) is 250 Å². The Morgan fingerprint density at radius 3 is 1.53 bits per heavy atom. The van der Waals surface area contributed by atoms with E-state index in [0.717, 1.165) is 24.3 Å². The van der Waals surface area contributed by atoms with Gasteiger partial charge in [0.1, 0.15) is 16.4 Å². The fourth-order valence-electron chi connectivity index (χ4n) is 12.0. The van der Waals surface area contributed by atoms with Gasteiger partial charge in [-0.1, -0.05) is 36.4 Å². The molecule has 3 aliphatic heterocycles. The number of imide groups is 1. The van der Waals surface area contributed by atoms with Gasteiger partial charge in [0, 0.05) is 85.5 Å². The number of ether oxygens (including phenoxy) is 10. The number of fused-ring (bicyclic) bond motifs is 6. The summed E-state index contributed by atoms with van der Waals surface area (Å²) < 4.78 is 237. The molecule has 2 atom stereocenters. The quantitative estimate of drug-likeness (QED) is 0.0126. The fraction of sp³-hybridized carbons (Fsp3) is 0.508. The van der Waals surface area contributed by atoms with Crippen molar-refractivity contribution in [2.75, 3.05) is 157 Å². The minimum atomic E-state index is -5.13. The number of benzene rings is 4. The number of nitrogens with zero attached hydrogens (tertiary/aromatic N) is 3. The maximum Gasteiger partial charge on any atom is 0.335 e. The third-order valence-electron chi connectivity index (χ3n) is 16.7. The second-order valence-corrected chi connectivity index (χ2v) is 30.9. The molecule has 0 saturated carbocycles. The van der Waals surface area contributed by atoms with E-state index in [1.54, 1.807) is 67.5 Å². The number of anilines is 1. The molecule has 2 amide bonds. The number of rotatable bonds is 46. The van der Waals surface area contributed by atoms with E-state index in [1.807, 2.05) is 11.5 Å². The number of allylic oxidation sites excluding steroid dienone is 8. The fourth-order valence-corrected chi connectivity index (χ4v) is 15.1. The molecule has 1 fully saturated rings. The van der Waals surface area contributed by atoms with Gasteiger partial charge in [-0.3, -0.25) is 32.4 Å². The molecule has 564 valence electrons. The Kier molecular flexibility index (Phi) is 30.5. The van der Waals surface area contributed by atoms with Gasteiger partial charge in [0.25, 0.3) is 62.4 Å². The molecule has 4 aromatic rings. The lowest BCUT2D eigenvalue weighted by molar-refractivity contribution is -0.442.